The van der Waals surface area contributed by atoms with Gasteiger partial charge in [-0.1, -0.05) is 36.4 Å². The van der Waals surface area contributed by atoms with Crippen LogP contribution >= 0.6 is 0 Å². The van der Waals surface area contributed by atoms with E-state index in [2.05, 4.69) is 10.0 Å². The van der Waals surface area contributed by atoms with Gasteiger partial charge in [-0.15, -0.1) is 0 Å². The summed E-state index contributed by atoms with van der Waals surface area (Å²) in [5.41, 5.74) is 2.36. The summed E-state index contributed by atoms with van der Waals surface area (Å²) in [5.74, 6) is -0.716. The Morgan fingerprint density at radius 2 is 1.53 bits per heavy atom. The van der Waals surface area contributed by atoms with Crippen molar-refractivity contribution in [2.45, 2.75) is 24.8 Å². The van der Waals surface area contributed by atoms with Crippen LogP contribution in [0.25, 0.3) is 0 Å². The minimum atomic E-state index is -3.74. The number of nitrogens with one attached hydrogen (secondary N) is 2. The van der Waals surface area contributed by atoms with Crippen LogP contribution in [0.4, 0.5) is 4.39 Å². The van der Waals surface area contributed by atoms with Crippen LogP contribution in [0.2, 0.25) is 0 Å². The number of carbonyl (C=O) groups is 2. The summed E-state index contributed by atoms with van der Waals surface area (Å²) < 4.78 is 40.6. The molecule has 32 heavy (non-hydrogen) atoms. The van der Waals surface area contributed by atoms with Crippen LogP contribution in [-0.4, -0.2) is 26.7 Å². The van der Waals surface area contributed by atoms with E-state index in [1.54, 1.807) is 36.4 Å². The van der Waals surface area contributed by atoms with E-state index in [4.69, 9.17) is 0 Å². The molecule has 166 valence electrons. The normalized spacial score (nSPS) is 11.2. The molecular weight excluding hydrogens is 431 g/mol. The van der Waals surface area contributed by atoms with Gasteiger partial charge in [0.2, 0.25) is 10.0 Å². The van der Waals surface area contributed by atoms with E-state index in [9.17, 15) is 22.4 Å². The molecule has 3 rings (SSSR count). The maximum Gasteiger partial charge on any atom is 0.251 e. The molecule has 6 nitrogen and oxygen atoms in total. The van der Waals surface area contributed by atoms with Crippen molar-refractivity contribution in [3.8, 4) is 0 Å². The molecule has 2 N–H and O–H groups in total. The Kier molecular flexibility index (Phi) is 7.50. The molecule has 1 amide bonds. The number of rotatable bonds is 9. The van der Waals surface area contributed by atoms with E-state index < -0.39 is 10.0 Å². The second kappa shape index (κ2) is 10.3. The van der Waals surface area contributed by atoms with E-state index in [1.165, 1.54) is 43.3 Å². The van der Waals surface area contributed by atoms with Gasteiger partial charge in [0.1, 0.15) is 5.82 Å². The largest absolute Gasteiger partial charge is 0.352 e. The summed E-state index contributed by atoms with van der Waals surface area (Å²) in [6.45, 7) is 1.83. The first-order chi connectivity index (χ1) is 15.2. The number of hydrogen-bond donors (Lipinski definition) is 2. The summed E-state index contributed by atoms with van der Waals surface area (Å²) in [6, 6.07) is 18.5. The van der Waals surface area contributed by atoms with Crippen LogP contribution in [0.15, 0.2) is 77.7 Å². The van der Waals surface area contributed by atoms with Gasteiger partial charge in [0, 0.05) is 24.2 Å². The highest BCUT2D eigenvalue weighted by Gasteiger charge is 2.14. The Hall–Kier alpha value is -3.36. The van der Waals surface area contributed by atoms with Crippen molar-refractivity contribution in [3.63, 3.8) is 0 Å². The number of sulfonamides is 1. The van der Waals surface area contributed by atoms with Crippen molar-refractivity contribution in [2.24, 2.45) is 0 Å². The fraction of sp³-hybridized carbons (Fsp3) is 0.167. The van der Waals surface area contributed by atoms with Crippen LogP contribution in [0.3, 0.4) is 0 Å². The standard InChI is InChI=1S/C24H23FN2O4S/c1-17(28)20-9-11-23(12-10-20)32(30,31)27-16-19-5-7-21(8-6-19)24(29)26-14-13-18-3-2-4-22(25)15-18/h2-12,15,27H,13-14,16H2,1H3,(H,26,29). The molecule has 0 unspecified atom stereocenters. The predicted molar refractivity (Wildman–Crippen MR) is 119 cm³/mol. The van der Waals surface area contributed by atoms with Crippen molar-refractivity contribution >= 4 is 21.7 Å². The summed E-state index contributed by atoms with van der Waals surface area (Å²) in [6.07, 6.45) is 0.511. The molecule has 0 aromatic heterocycles. The molecule has 0 bridgehead atoms. The second-order valence-corrected chi connectivity index (χ2v) is 9.00. The lowest BCUT2D eigenvalue weighted by Gasteiger charge is -2.09. The highest BCUT2D eigenvalue weighted by molar-refractivity contribution is 7.89. The van der Waals surface area contributed by atoms with Crippen LogP contribution in [0, 0.1) is 5.82 Å². The highest BCUT2D eigenvalue weighted by atomic mass is 32.2. The molecule has 0 aliphatic heterocycles. The first-order valence-electron chi connectivity index (χ1n) is 9.97. The van der Waals surface area contributed by atoms with Gasteiger partial charge < -0.3 is 5.32 Å². The van der Waals surface area contributed by atoms with Crippen LogP contribution in [0.1, 0.15) is 38.8 Å². The fourth-order valence-electron chi connectivity index (χ4n) is 3.02. The van der Waals surface area contributed by atoms with Crippen LogP contribution < -0.4 is 10.0 Å². The number of amides is 1. The number of Topliss-reactive ketones (excluding diaryl/α,β-unsaturated/α-hetero) is 1. The van der Waals surface area contributed by atoms with E-state index in [-0.39, 0.29) is 28.9 Å². The van der Waals surface area contributed by atoms with Crippen molar-refractivity contribution in [1.82, 2.24) is 10.0 Å². The molecule has 0 aliphatic rings. The van der Waals surface area contributed by atoms with Gasteiger partial charge in [0.25, 0.3) is 5.91 Å². The molecule has 0 atom stereocenters. The maximum absolute atomic E-state index is 13.2. The molecule has 8 heteroatoms. The van der Waals surface area contributed by atoms with E-state index in [1.807, 2.05) is 0 Å². The molecule has 3 aromatic rings. The Balaban J connectivity index is 1.52. The topological polar surface area (TPSA) is 92.3 Å². The SMILES string of the molecule is CC(=O)c1ccc(S(=O)(=O)NCc2ccc(C(=O)NCCc3cccc(F)c3)cc2)cc1. The minimum Gasteiger partial charge on any atom is -0.352 e. The molecule has 0 saturated carbocycles. The average molecular weight is 455 g/mol. The number of benzene rings is 3. The number of carbonyl (C=O) groups excluding carboxylic acids is 2. The molecule has 0 spiro atoms. The van der Waals surface area contributed by atoms with E-state index in [0.717, 1.165) is 5.56 Å². The van der Waals surface area contributed by atoms with Crippen LogP contribution in [0.5, 0.6) is 0 Å². The van der Waals surface area contributed by atoms with E-state index in [0.29, 0.717) is 29.7 Å². The molecule has 0 heterocycles. The monoisotopic (exact) mass is 454 g/mol. The average Bonchev–Trinajstić information content (AvgIpc) is 2.78. The zero-order valence-corrected chi connectivity index (χ0v) is 18.3. The third-order valence-corrected chi connectivity index (χ3v) is 6.26. The summed E-state index contributed by atoms with van der Waals surface area (Å²) in [4.78, 5) is 23.7. The van der Waals surface area contributed by atoms with Gasteiger partial charge >= 0.3 is 0 Å². The van der Waals surface area contributed by atoms with Crippen LogP contribution in [-0.2, 0) is 23.0 Å². The lowest BCUT2D eigenvalue weighted by molar-refractivity contribution is 0.0953. The Morgan fingerprint density at radius 1 is 0.875 bits per heavy atom. The third kappa shape index (κ3) is 6.32. The van der Waals surface area contributed by atoms with Crippen molar-refractivity contribution in [1.29, 1.82) is 0 Å². The molecule has 0 aliphatic carbocycles. The lowest BCUT2D eigenvalue weighted by Crippen LogP contribution is -2.26. The summed E-state index contributed by atoms with van der Waals surface area (Å²) >= 11 is 0. The summed E-state index contributed by atoms with van der Waals surface area (Å²) in [5, 5.41) is 2.78. The summed E-state index contributed by atoms with van der Waals surface area (Å²) in [7, 11) is -3.74. The Labute approximate surface area is 186 Å². The van der Waals surface area contributed by atoms with E-state index >= 15 is 0 Å². The number of ketones is 1. The van der Waals surface area contributed by atoms with Gasteiger partial charge in [-0.2, -0.15) is 0 Å². The van der Waals surface area contributed by atoms with Crippen molar-refractivity contribution < 1.29 is 22.4 Å². The fourth-order valence-corrected chi connectivity index (χ4v) is 4.04. The number of hydrogen-bond acceptors (Lipinski definition) is 4. The minimum absolute atomic E-state index is 0.0538. The molecular formula is C24H23FN2O4S. The number of halogens is 1. The predicted octanol–water partition coefficient (Wildman–Crippen LogP) is 3.48. The molecule has 3 aromatic carbocycles. The first-order valence-corrected chi connectivity index (χ1v) is 11.5. The quantitative estimate of drug-likeness (QED) is 0.484. The van der Waals surface area contributed by atoms with Gasteiger partial charge in [0.15, 0.2) is 5.78 Å². The molecule has 0 fully saturated rings. The maximum atomic E-state index is 13.2. The lowest BCUT2D eigenvalue weighted by atomic mass is 10.1. The van der Waals surface area contributed by atoms with Gasteiger partial charge in [0.05, 0.1) is 4.90 Å². The molecule has 0 radical (unpaired) electrons. The van der Waals surface area contributed by atoms with Gasteiger partial charge in [-0.25, -0.2) is 17.5 Å². The van der Waals surface area contributed by atoms with Crippen molar-refractivity contribution in [2.75, 3.05) is 6.54 Å². The Morgan fingerprint density at radius 3 is 2.16 bits per heavy atom. The first kappa shape index (κ1) is 23.3. The molecule has 0 saturated heterocycles. The van der Waals surface area contributed by atoms with Gasteiger partial charge in [-0.05, 0) is 60.9 Å². The second-order valence-electron chi connectivity index (χ2n) is 7.24. The van der Waals surface area contributed by atoms with Crippen molar-refractivity contribution in [3.05, 3.63) is 101 Å². The third-order valence-electron chi connectivity index (χ3n) is 4.84. The zero-order valence-electron chi connectivity index (χ0n) is 17.5. The smallest absolute Gasteiger partial charge is 0.251 e. The highest BCUT2D eigenvalue weighted by Crippen LogP contribution is 2.12. The zero-order chi connectivity index (χ0) is 23.1. The Bertz CT molecular complexity index is 1210. The van der Waals surface area contributed by atoms with Gasteiger partial charge in [-0.3, -0.25) is 9.59 Å².